The predicted octanol–water partition coefficient (Wildman–Crippen LogP) is 2.23. The van der Waals surface area contributed by atoms with Gasteiger partial charge in [0, 0.05) is 25.5 Å². The average Bonchev–Trinajstić information content (AvgIpc) is 2.59. The van der Waals surface area contributed by atoms with E-state index in [1.54, 1.807) is 12.4 Å². The molecular weight excluding hydrogens is 314 g/mol. The van der Waals surface area contributed by atoms with Crippen molar-refractivity contribution in [3.8, 4) is 0 Å². The number of morpholine rings is 1. The van der Waals surface area contributed by atoms with Crippen molar-refractivity contribution in [3.63, 3.8) is 0 Å². The van der Waals surface area contributed by atoms with Gasteiger partial charge in [-0.25, -0.2) is 0 Å². The fourth-order valence-corrected chi connectivity index (χ4v) is 3.25. The number of pyridine rings is 1. The molecule has 5 heteroatoms. The summed E-state index contributed by atoms with van der Waals surface area (Å²) >= 11 is 0. The summed E-state index contributed by atoms with van der Waals surface area (Å²) in [5.74, 6) is -0.0837. The SMILES string of the molecule is Cc1cc(C)cc([C@H](NC(=O)[C@H]2CN(C)CCO2)c2cccnc2)c1. The Bertz CT molecular complexity index is 713. The summed E-state index contributed by atoms with van der Waals surface area (Å²) in [7, 11) is 2.01. The highest BCUT2D eigenvalue weighted by Crippen LogP contribution is 2.24. The van der Waals surface area contributed by atoms with Crippen LogP contribution < -0.4 is 5.32 Å². The zero-order valence-electron chi connectivity index (χ0n) is 15.0. The van der Waals surface area contributed by atoms with Crippen molar-refractivity contribution in [1.29, 1.82) is 0 Å². The van der Waals surface area contributed by atoms with Crippen molar-refractivity contribution in [2.75, 3.05) is 26.7 Å². The molecule has 25 heavy (non-hydrogen) atoms. The number of rotatable bonds is 4. The van der Waals surface area contributed by atoms with Crippen LogP contribution in [0, 0.1) is 13.8 Å². The maximum absolute atomic E-state index is 12.8. The van der Waals surface area contributed by atoms with Crippen molar-refractivity contribution in [1.82, 2.24) is 15.2 Å². The van der Waals surface area contributed by atoms with Crippen LogP contribution in [0.3, 0.4) is 0 Å². The first kappa shape index (κ1) is 17.6. The van der Waals surface area contributed by atoms with Gasteiger partial charge in [-0.3, -0.25) is 9.78 Å². The minimum atomic E-state index is -0.441. The number of aryl methyl sites for hydroxylation is 2. The number of carbonyl (C=O) groups excluding carboxylic acids is 1. The fraction of sp³-hybridized carbons (Fsp3) is 0.400. The summed E-state index contributed by atoms with van der Waals surface area (Å²) in [6, 6.07) is 9.99. The molecule has 1 saturated heterocycles. The number of nitrogens with zero attached hydrogens (tertiary/aromatic N) is 2. The lowest BCUT2D eigenvalue weighted by Gasteiger charge is -2.30. The standard InChI is InChI=1S/C20H25N3O2/c1-14-9-15(2)11-17(10-14)19(16-5-4-6-21-12-16)22-20(24)18-13-23(3)7-8-25-18/h4-6,9-12,18-19H,7-8,13H2,1-3H3,(H,22,24)/t18-,19-/m1/s1. The van der Waals surface area contributed by atoms with Gasteiger partial charge >= 0.3 is 0 Å². The summed E-state index contributed by atoms with van der Waals surface area (Å²) in [5, 5.41) is 3.16. The van der Waals surface area contributed by atoms with Crippen LogP contribution >= 0.6 is 0 Å². The monoisotopic (exact) mass is 339 g/mol. The number of hydrogen-bond acceptors (Lipinski definition) is 4. The molecule has 3 rings (SSSR count). The molecule has 1 aromatic heterocycles. The van der Waals surface area contributed by atoms with Crippen molar-refractivity contribution in [2.24, 2.45) is 0 Å². The van der Waals surface area contributed by atoms with E-state index in [2.05, 4.69) is 47.2 Å². The Morgan fingerprint density at radius 1 is 1.28 bits per heavy atom. The number of hydrogen-bond donors (Lipinski definition) is 1. The van der Waals surface area contributed by atoms with Gasteiger partial charge in [0.2, 0.25) is 0 Å². The molecule has 132 valence electrons. The molecule has 1 aliphatic heterocycles. The molecule has 1 aliphatic rings. The van der Waals surface area contributed by atoms with Crippen LogP contribution in [0.5, 0.6) is 0 Å². The summed E-state index contributed by atoms with van der Waals surface area (Å²) in [6.45, 7) is 6.18. The molecule has 2 atom stereocenters. The van der Waals surface area contributed by atoms with Crippen molar-refractivity contribution < 1.29 is 9.53 Å². The highest BCUT2D eigenvalue weighted by Gasteiger charge is 2.27. The quantitative estimate of drug-likeness (QED) is 0.928. The molecule has 5 nitrogen and oxygen atoms in total. The molecule has 1 amide bonds. The molecule has 0 aliphatic carbocycles. The first-order chi connectivity index (χ1) is 12.0. The second-order valence-corrected chi connectivity index (χ2v) is 6.77. The van der Waals surface area contributed by atoms with E-state index in [9.17, 15) is 4.79 Å². The lowest BCUT2D eigenvalue weighted by molar-refractivity contribution is -0.138. The third-order valence-electron chi connectivity index (χ3n) is 4.44. The first-order valence-corrected chi connectivity index (χ1v) is 8.61. The Morgan fingerprint density at radius 2 is 2.04 bits per heavy atom. The Balaban J connectivity index is 1.88. The Morgan fingerprint density at radius 3 is 2.68 bits per heavy atom. The van der Waals surface area contributed by atoms with Crippen LogP contribution in [-0.2, 0) is 9.53 Å². The number of benzene rings is 1. The summed E-state index contributed by atoms with van der Waals surface area (Å²) in [6.07, 6.45) is 3.10. The van der Waals surface area contributed by atoms with Gasteiger partial charge in [0.25, 0.3) is 5.91 Å². The van der Waals surface area contributed by atoms with E-state index in [0.717, 1.165) is 17.7 Å². The molecule has 1 aromatic carbocycles. The third-order valence-corrected chi connectivity index (χ3v) is 4.44. The van der Waals surface area contributed by atoms with Gasteiger partial charge in [0.1, 0.15) is 6.10 Å². The second-order valence-electron chi connectivity index (χ2n) is 6.77. The van der Waals surface area contributed by atoms with Gasteiger partial charge in [-0.15, -0.1) is 0 Å². The van der Waals surface area contributed by atoms with Gasteiger partial charge in [-0.2, -0.15) is 0 Å². The molecule has 0 saturated carbocycles. The normalized spacial score (nSPS) is 19.4. The van der Waals surface area contributed by atoms with Crippen LogP contribution in [-0.4, -0.2) is 48.6 Å². The molecule has 2 aromatic rings. The Hall–Kier alpha value is -2.24. The Kier molecular flexibility index (Phi) is 5.46. The van der Waals surface area contributed by atoms with Gasteiger partial charge in [0.15, 0.2) is 0 Å². The van der Waals surface area contributed by atoms with Gasteiger partial charge in [-0.05, 0) is 38.1 Å². The zero-order chi connectivity index (χ0) is 17.8. The maximum atomic E-state index is 12.8. The van der Waals surface area contributed by atoms with Gasteiger partial charge < -0.3 is 15.0 Å². The molecule has 0 unspecified atom stereocenters. The van der Waals surface area contributed by atoms with Gasteiger partial charge in [-0.1, -0.05) is 35.4 Å². The van der Waals surface area contributed by atoms with Crippen LogP contribution in [0.1, 0.15) is 28.3 Å². The molecule has 1 N–H and O–H groups in total. The van der Waals surface area contributed by atoms with E-state index in [4.69, 9.17) is 4.74 Å². The van der Waals surface area contributed by atoms with E-state index in [0.29, 0.717) is 13.2 Å². The molecule has 2 heterocycles. The zero-order valence-corrected chi connectivity index (χ0v) is 15.0. The predicted molar refractivity (Wildman–Crippen MR) is 97.4 cm³/mol. The van der Waals surface area contributed by atoms with Gasteiger partial charge in [0.05, 0.1) is 12.6 Å². The van der Waals surface area contributed by atoms with E-state index < -0.39 is 6.10 Å². The number of likely N-dealkylation sites (N-methyl/N-ethyl adjacent to an activating group) is 1. The second kappa shape index (κ2) is 7.76. The number of nitrogens with one attached hydrogen (secondary N) is 1. The van der Waals surface area contributed by atoms with Crippen molar-refractivity contribution >= 4 is 5.91 Å². The number of amides is 1. The number of aromatic nitrogens is 1. The molecule has 0 spiro atoms. The highest BCUT2D eigenvalue weighted by atomic mass is 16.5. The Labute approximate surface area is 149 Å². The number of carbonyl (C=O) groups is 1. The lowest BCUT2D eigenvalue weighted by Crippen LogP contribution is -2.49. The van der Waals surface area contributed by atoms with Crippen LogP contribution in [0.2, 0.25) is 0 Å². The molecule has 0 radical (unpaired) electrons. The van der Waals surface area contributed by atoms with E-state index in [1.165, 1.54) is 11.1 Å². The average molecular weight is 339 g/mol. The first-order valence-electron chi connectivity index (χ1n) is 8.61. The summed E-state index contributed by atoms with van der Waals surface area (Å²) in [5.41, 5.74) is 4.37. The van der Waals surface area contributed by atoms with E-state index >= 15 is 0 Å². The minimum absolute atomic E-state index is 0.0837. The summed E-state index contributed by atoms with van der Waals surface area (Å²) < 4.78 is 5.66. The van der Waals surface area contributed by atoms with Crippen molar-refractivity contribution in [3.05, 3.63) is 65.0 Å². The maximum Gasteiger partial charge on any atom is 0.251 e. The molecular formula is C20H25N3O2. The summed E-state index contributed by atoms with van der Waals surface area (Å²) in [4.78, 5) is 19.1. The fourth-order valence-electron chi connectivity index (χ4n) is 3.25. The minimum Gasteiger partial charge on any atom is -0.366 e. The van der Waals surface area contributed by atoms with E-state index in [1.807, 2.05) is 19.2 Å². The highest BCUT2D eigenvalue weighted by molar-refractivity contribution is 5.82. The van der Waals surface area contributed by atoms with Crippen LogP contribution in [0.15, 0.2) is 42.7 Å². The lowest BCUT2D eigenvalue weighted by atomic mass is 9.96. The topological polar surface area (TPSA) is 54.5 Å². The smallest absolute Gasteiger partial charge is 0.251 e. The molecule has 0 bridgehead atoms. The number of ether oxygens (including phenoxy) is 1. The van der Waals surface area contributed by atoms with Crippen LogP contribution in [0.4, 0.5) is 0 Å². The molecule has 1 fully saturated rings. The third kappa shape index (κ3) is 4.44. The van der Waals surface area contributed by atoms with Crippen LogP contribution in [0.25, 0.3) is 0 Å². The largest absolute Gasteiger partial charge is 0.366 e. The van der Waals surface area contributed by atoms with E-state index in [-0.39, 0.29) is 11.9 Å². The van der Waals surface area contributed by atoms with Crippen molar-refractivity contribution in [2.45, 2.75) is 26.0 Å².